The van der Waals surface area contributed by atoms with Crippen molar-refractivity contribution in [3.8, 4) is 0 Å². The summed E-state index contributed by atoms with van der Waals surface area (Å²) in [4.78, 5) is 21.4. The summed E-state index contributed by atoms with van der Waals surface area (Å²) in [7, 11) is 0. The normalized spacial score (nSPS) is 11.3. The van der Waals surface area contributed by atoms with E-state index in [0.29, 0.717) is 11.1 Å². The van der Waals surface area contributed by atoms with Gasteiger partial charge in [-0.2, -0.15) is 13.2 Å². The third-order valence-corrected chi connectivity index (χ3v) is 2.20. The summed E-state index contributed by atoms with van der Waals surface area (Å²) in [5, 5.41) is 8.55. The van der Waals surface area contributed by atoms with Gasteiger partial charge < -0.3 is 5.11 Å². The highest BCUT2D eigenvalue weighted by Crippen LogP contribution is 2.23. The molecule has 3 nitrogen and oxygen atoms in total. The molecule has 1 rings (SSSR count). The zero-order chi connectivity index (χ0) is 13.2. The zero-order valence-electron chi connectivity index (χ0n) is 8.84. The fraction of sp³-hybridized carbons (Fsp3) is 0.273. The first-order valence-electron chi connectivity index (χ1n) is 4.64. The monoisotopic (exact) mass is 246 g/mol. The third kappa shape index (κ3) is 3.30. The maximum Gasteiger partial charge on any atom is 0.454 e. The van der Waals surface area contributed by atoms with Gasteiger partial charge in [0.15, 0.2) is 0 Å². The van der Waals surface area contributed by atoms with E-state index < -0.39 is 23.5 Å². The number of hydrogen-bond donors (Lipinski definition) is 1. The molecule has 0 aliphatic carbocycles. The first kappa shape index (κ1) is 13.2. The molecule has 0 amide bonds. The van der Waals surface area contributed by atoms with Gasteiger partial charge in [0.25, 0.3) is 5.78 Å². The van der Waals surface area contributed by atoms with Gasteiger partial charge in [-0.25, -0.2) is 0 Å². The minimum Gasteiger partial charge on any atom is -0.481 e. The number of ketones is 1. The Morgan fingerprint density at radius 2 is 1.88 bits per heavy atom. The summed E-state index contributed by atoms with van der Waals surface area (Å²) < 4.78 is 36.4. The first-order chi connectivity index (χ1) is 7.71. The molecule has 1 aromatic carbocycles. The molecule has 0 fully saturated rings. The topological polar surface area (TPSA) is 54.4 Å². The quantitative estimate of drug-likeness (QED) is 0.833. The molecule has 0 unspecified atom stereocenters. The summed E-state index contributed by atoms with van der Waals surface area (Å²) in [6.45, 7) is 1.46. The smallest absolute Gasteiger partial charge is 0.454 e. The molecular weight excluding hydrogens is 237 g/mol. The molecule has 0 aromatic heterocycles. The Labute approximate surface area is 94.9 Å². The SMILES string of the molecule is Cc1cc(C(=O)C(F)(F)F)ccc1CC(=O)O. The minimum atomic E-state index is -4.92. The molecule has 0 spiro atoms. The number of rotatable bonds is 3. The van der Waals surface area contributed by atoms with Crippen LogP contribution in [0.1, 0.15) is 21.5 Å². The van der Waals surface area contributed by atoms with Crippen molar-refractivity contribution in [1.29, 1.82) is 0 Å². The number of alkyl halides is 3. The second kappa shape index (κ2) is 4.57. The van der Waals surface area contributed by atoms with Crippen molar-refractivity contribution in [1.82, 2.24) is 0 Å². The van der Waals surface area contributed by atoms with Gasteiger partial charge in [0, 0.05) is 5.56 Å². The Balaban J connectivity index is 3.05. The number of carboxylic acids is 1. The lowest BCUT2D eigenvalue weighted by molar-refractivity contribution is -0.136. The highest BCUT2D eigenvalue weighted by atomic mass is 19.4. The van der Waals surface area contributed by atoms with Gasteiger partial charge in [-0.1, -0.05) is 12.1 Å². The van der Waals surface area contributed by atoms with Crippen LogP contribution in [0.5, 0.6) is 0 Å². The Bertz CT molecular complexity index is 464. The van der Waals surface area contributed by atoms with Gasteiger partial charge in [0.1, 0.15) is 0 Å². The lowest BCUT2D eigenvalue weighted by Gasteiger charge is -2.08. The molecule has 1 aromatic rings. The lowest BCUT2D eigenvalue weighted by Crippen LogP contribution is -2.22. The molecule has 92 valence electrons. The van der Waals surface area contributed by atoms with E-state index in [1.54, 1.807) is 0 Å². The van der Waals surface area contributed by atoms with Gasteiger partial charge >= 0.3 is 12.1 Å². The number of hydrogen-bond acceptors (Lipinski definition) is 2. The van der Waals surface area contributed by atoms with E-state index in [4.69, 9.17) is 5.11 Å². The van der Waals surface area contributed by atoms with Crippen LogP contribution in [0.25, 0.3) is 0 Å². The number of aliphatic carboxylic acids is 1. The Morgan fingerprint density at radius 1 is 1.29 bits per heavy atom. The highest BCUT2D eigenvalue weighted by molar-refractivity contribution is 6.00. The third-order valence-electron chi connectivity index (χ3n) is 2.20. The fourth-order valence-electron chi connectivity index (χ4n) is 1.36. The van der Waals surface area contributed by atoms with Crippen molar-refractivity contribution in [2.75, 3.05) is 0 Å². The summed E-state index contributed by atoms with van der Waals surface area (Å²) in [6.07, 6.45) is -5.20. The van der Waals surface area contributed by atoms with Crippen LogP contribution >= 0.6 is 0 Å². The number of benzene rings is 1. The predicted octanol–water partition coefficient (Wildman–Crippen LogP) is 2.37. The Hall–Kier alpha value is -1.85. The van der Waals surface area contributed by atoms with Crippen molar-refractivity contribution in [3.63, 3.8) is 0 Å². The summed E-state index contributed by atoms with van der Waals surface area (Å²) in [5.41, 5.74) is 0.253. The minimum absolute atomic E-state index is 0.285. The van der Waals surface area contributed by atoms with Crippen LogP contribution in [0.3, 0.4) is 0 Å². The molecule has 0 bridgehead atoms. The van der Waals surface area contributed by atoms with E-state index in [9.17, 15) is 22.8 Å². The van der Waals surface area contributed by atoms with E-state index in [1.165, 1.54) is 13.0 Å². The Kier molecular flexibility index (Phi) is 3.55. The standard InChI is InChI=1S/C11H9F3O3/c1-6-4-8(10(17)11(12,13)14)3-2-7(6)5-9(15)16/h2-4H,5H2,1H3,(H,15,16). The molecule has 0 radical (unpaired) electrons. The van der Waals surface area contributed by atoms with Gasteiger partial charge in [-0.3, -0.25) is 9.59 Å². The van der Waals surface area contributed by atoms with Crippen molar-refractivity contribution in [3.05, 3.63) is 34.9 Å². The van der Waals surface area contributed by atoms with Crippen LogP contribution in [-0.4, -0.2) is 23.0 Å². The van der Waals surface area contributed by atoms with Crippen molar-refractivity contribution >= 4 is 11.8 Å². The van der Waals surface area contributed by atoms with E-state index in [-0.39, 0.29) is 6.42 Å². The van der Waals surface area contributed by atoms with E-state index in [1.807, 2.05) is 0 Å². The second-order valence-corrected chi connectivity index (χ2v) is 3.54. The predicted molar refractivity (Wildman–Crippen MR) is 52.9 cm³/mol. The summed E-state index contributed by atoms with van der Waals surface area (Å²) in [6, 6.07) is 3.26. The van der Waals surface area contributed by atoms with E-state index in [0.717, 1.165) is 12.1 Å². The number of halogens is 3. The Morgan fingerprint density at radius 3 is 2.29 bits per heavy atom. The largest absolute Gasteiger partial charge is 0.481 e. The van der Waals surface area contributed by atoms with Gasteiger partial charge in [-0.15, -0.1) is 0 Å². The number of carbonyl (C=O) groups is 2. The summed E-state index contributed by atoms with van der Waals surface area (Å²) in [5.74, 6) is -3.01. The van der Waals surface area contributed by atoms with Gasteiger partial charge in [0.2, 0.25) is 0 Å². The molecule has 0 atom stereocenters. The molecule has 0 aliphatic heterocycles. The number of carboxylic acid groups (broad SMARTS) is 1. The molecular formula is C11H9F3O3. The summed E-state index contributed by atoms with van der Waals surface area (Å²) >= 11 is 0. The highest BCUT2D eigenvalue weighted by Gasteiger charge is 2.39. The molecule has 0 aliphatic rings. The van der Waals surface area contributed by atoms with Crippen LogP contribution in [0.2, 0.25) is 0 Å². The van der Waals surface area contributed by atoms with Crippen molar-refractivity contribution in [2.24, 2.45) is 0 Å². The molecule has 0 heterocycles. The molecule has 17 heavy (non-hydrogen) atoms. The number of carbonyl (C=O) groups excluding carboxylic acids is 1. The first-order valence-corrected chi connectivity index (χ1v) is 4.64. The maximum atomic E-state index is 12.1. The van der Waals surface area contributed by atoms with Crippen LogP contribution in [0, 0.1) is 6.92 Å². The van der Waals surface area contributed by atoms with Crippen LogP contribution < -0.4 is 0 Å². The zero-order valence-corrected chi connectivity index (χ0v) is 8.84. The number of Topliss-reactive ketones (excluding diaryl/α,β-unsaturated/α-hetero) is 1. The number of aryl methyl sites for hydroxylation is 1. The van der Waals surface area contributed by atoms with Crippen LogP contribution in [0.4, 0.5) is 13.2 Å². The van der Waals surface area contributed by atoms with Crippen LogP contribution in [0.15, 0.2) is 18.2 Å². The molecule has 6 heteroatoms. The molecule has 0 saturated carbocycles. The maximum absolute atomic E-state index is 12.1. The lowest BCUT2D eigenvalue weighted by atomic mass is 10.0. The van der Waals surface area contributed by atoms with Crippen LogP contribution in [-0.2, 0) is 11.2 Å². The van der Waals surface area contributed by atoms with E-state index >= 15 is 0 Å². The van der Waals surface area contributed by atoms with Gasteiger partial charge in [-0.05, 0) is 24.1 Å². The molecule has 1 N–H and O–H groups in total. The van der Waals surface area contributed by atoms with Crippen molar-refractivity contribution < 1.29 is 27.9 Å². The average molecular weight is 246 g/mol. The van der Waals surface area contributed by atoms with Crippen molar-refractivity contribution in [2.45, 2.75) is 19.5 Å². The average Bonchev–Trinajstić information content (AvgIpc) is 2.18. The fourth-order valence-corrected chi connectivity index (χ4v) is 1.36. The second-order valence-electron chi connectivity index (χ2n) is 3.54. The van der Waals surface area contributed by atoms with Gasteiger partial charge in [0.05, 0.1) is 6.42 Å². The molecule has 0 saturated heterocycles. The van der Waals surface area contributed by atoms with E-state index in [2.05, 4.69) is 0 Å².